The summed E-state index contributed by atoms with van der Waals surface area (Å²) in [5.41, 5.74) is 0.0353. The fraction of sp³-hybridized carbons (Fsp3) is 0.500. The number of nitrogens with zero attached hydrogens (tertiary/aromatic N) is 2. The van der Waals surface area contributed by atoms with E-state index in [-0.39, 0.29) is 23.0 Å². The van der Waals surface area contributed by atoms with Gasteiger partial charge in [0.2, 0.25) is 0 Å². The van der Waals surface area contributed by atoms with E-state index >= 15 is 0 Å². The average Bonchev–Trinajstić information content (AvgIpc) is 2.43. The van der Waals surface area contributed by atoms with Gasteiger partial charge in [0.1, 0.15) is 11.6 Å². The van der Waals surface area contributed by atoms with Crippen molar-refractivity contribution in [1.29, 1.82) is 10.5 Å². The van der Waals surface area contributed by atoms with Gasteiger partial charge in [0, 0.05) is 11.6 Å². The van der Waals surface area contributed by atoms with Crippen LogP contribution in [-0.4, -0.2) is 23.7 Å². The lowest BCUT2D eigenvalue weighted by molar-refractivity contribution is -0.139. The van der Waals surface area contributed by atoms with E-state index in [0.29, 0.717) is 13.0 Å². The summed E-state index contributed by atoms with van der Waals surface area (Å²) in [6, 6.07) is 3.33. The zero-order chi connectivity index (χ0) is 17.7. The molecule has 0 aromatic rings. The van der Waals surface area contributed by atoms with Crippen LogP contribution in [0.2, 0.25) is 0 Å². The van der Waals surface area contributed by atoms with Gasteiger partial charge in [0.25, 0.3) is 0 Å². The largest absolute Gasteiger partial charge is 0.478 e. The minimum absolute atomic E-state index is 0.148. The third-order valence-electron chi connectivity index (χ3n) is 2.07. The van der Waals surface area contributed by atoms with Crippen LogP contribution in [0.25, 0.3) is 0 Å². The summed E-state index contributed by atoms with van der Waals surface area (Å²) in [4.78, 5) is 21.1. The molecule has 0 bridgehead atoms. The van der Waals surface area contributed by atoms with Gasteiger partial charge in [-0.05, 0) is 18.3 Å². The van der Waals surface area contributed by atoms with Crippen LogP contribution in [0.5, 0.6) is 0 Å². The zero-order valence-corrected chi connectivity index (χ0v) is 13.4. The Morgan fingerprint density at radius 2 is 1.77 bits per heavy atom. The number of hydrogen-bond donors (Lipinski definition) is 1. The third kappa shape index (κ3) is 12.4. The van der Waals surface area contributed by atoms with Crippen LogP contribution in [0.15, 0.2) is 23.8 Å². The number of rotatable bonds is 6. The smallest absolute Gasteiger partial charge is 0.348 e. The van der Waals surface area contributed by atoms with E-state index in [1.54, 1.807) is 12.1 Å². The van der Waals surface area contributed by atoms with E-state index < -0.39 is 11.9 Å². The van der Waals surface area contributed by atoms with Gasteiger partial charge < -0.3 is 9.84 Å². The summed E-state index contributed by atoms with van der Waals surface area (Å²) in [5, 5.41) is 25.0. The first kappa shape index (κ1) is 21.7. The molecule has 0 aliphatic carbocycles. The lowest BCUT2D eigenvalue weighted by Crippen LogP contribution is -2.10. The number of hydrogen-bond acceptors (Lipinski definition) is 5. The zero-order valence-electron chi connectivity index (χ0n) is 13.4. The lowest BCUT2D eigenvalue weighted by atomic mass is 10.0. The van der Waals surface area contributed by atoms with Crippen LogP contribution >= 0.6 is 0 Å². The summed E-state index contributed by atoms with van der Waals surface area (Å²) in [6.07, 6.45) is 1.53. The number of nitriles is 2. The Bertz CT molecular complexity index is 505. The fourth-order valence-electron chi connectivity index (χ4n) is 1.10. The number of esters is 1. The van der Waals surface area contributed by atoms with Gasteiger partial charge >= 0.3 is 11.9 Å². The highest BCUT2D eigenvalue weighted by molar-refractivity contribution is 5.91. The Hall–Kier alpha value is -2.60. The second kappa shape index (κ2) is 12.2. The molecule has 0 atom stereocenters. The Morgan fingerprint density at radius 3 is 2.09 bits per heavy atom. The lowest BCUT2D eigenvalue weighted by Gasteiger charge is -2.04. The van der Waals surface area contributed by atoms with Crippen molar-refractivity contribution in [2.24, 2.45) is 11.8 Å². The van der Waals surface area contributed by atoms with Gasteiger partial charge in [0.05, 0.1) is 12.7 Å². The number of aliphatic carboxylic acids is 1. The quantitative estimate of drug-likeness (QED) is 0.459. The average molecular weight is 306 g/mol. The first-order valence-electron chi connectivity index (χ1n) is 6.73. The Labute approximate surface area is 131 Å². The SMILES string of the molecule is C=C(C#N)C(=O)OCC(C)C.CC(C)C/C(=C/C#N)C(=O)O. The van der Waals surface area contributed by atoms with E-state index in [0.717, 1.165) is 6.08 Å². The molecule has 6 nitrogen and oxygen atoms in total. The normalized spacial score (nSPS) is 10.1. The molecule has 6 heteroatoms. The standard InChI is InChI=1S/2C8H11NO2/c1-6(2)5-11-8(10)7(3)4-9;1-6(2)5-7(3-4-9)8(10)11/h6H,3,5H2,1-2H3;3,6H,5H2,1-2H3,(H,10,11)/b;7-3-. The summed E-state index contributed by atoms with van der Waals surface area (Å²) in [5.74, 6) is -1.07. The molecule has 0 fully saturated rings. The second-order valence-electron chi connectivity index (χ2n) is 5.28. The maximum atomic E-state index is 10.7. The third-order valence-corrected chi connectivity index (χ3v) is 2.07. The van der Waals surface area contributed by atoms with Gasteiger partial charge in [0.15, 0.2) is 0 Å². The first-order valence-corrected chi connectivity index (χ1v) is 6.73. The summed E-state index contributed by atoms with van der Waals surface area (Å²) in [6.45, 7) is 11.2. The molecule has 0 saturated heterocycles. The number of allylic oxidation sites excluding steroid dienone is 1. The van der Waals surface area contributed by atoms with E-state index in [4.69, 9.17) is 20.4 Å². The van der Waals surface area contributed by atoms with Gasteiger partial charge in [-0.15, -0.1) is 0 Å². The molecule has 0 amide bonds. The predicted octanol–water partition coefficient (Wildman–Crippen LogP) is 2.83. The molecule has 0 unspecified atom stereocenters. The van der Waals surface area contributed by atoms with Crippen LogP contribution in [0.4, 0.5) is 0 Å². The molecule has 0 heterocycles. The van der Waals surface area contributed by atoms with Crippen molar-refractivity contribution >= 4 is 11.9 Å². The van der Waals surface area contributed by atoms with E-state index in [1.165, 1.54) is 0 Å². The van der Waals surface area contributed by atoms with Gasteiger partial charge in [-0.2, -0.15) is 10.5 Å². The molecule has 1 N–H and O–H groups in total. The molecule has 0 rings (SSSR count). The topological polar surface area (TPSA) is 111 Å². The van der Waals surface area contributed by atoms with Crippen molar-refractivity contribution in [3.05, 3.63) is 23.8 Å². The number of carbonyl (C=O) groups is 2. The number of carboxylic acid groups (broad SMARTS) is 1. The van der Waals surface area contributed by atoms with Crippen molar-refractivity contribution in [2.75, 3.05) is 6.61 Å². The van der Waals surface area contributed by atoms with Crippen molar-refractivity contribution in [2.45, 2.75) is 34.1 Å². The molecule has 0 spiro atoms. The van der Waals surface area contributed by atoms with Gasteiger partial charge in [-0.1, -0.05) is 34.3 Å². The first-order chi connectivity index (χ1) is 10.1. The molecular formula is C16H22N2O4. The molecule has 0 radical (unpaired) electrons. The Morgan fingerprint density at radius 1 is 1.23 bits per heavy atom. The fourth-order valence-corrected chi connectivity index (χ4v) is 1.10. The highest BCUT2D eigenvalue weighted by Crippen LogP contribution is 2.09. The molecule has 0 aromatic carbocycles. The van der Waals surface area contributed by atoms with Crippen molar-refractivity contribution < 1.29 is 19.4 Å². The van der Waals surface area contributed by atoms with Crippen LogP contribution < -0.4 is 0 Å². The molecule has 22 heavy (non-hydrogen) atoms. The number of carboxylic acids is 1. The van der Waals surface area contributed by atoms with Crippen molar-refractivity contribution in [3.8, 4) is 12.1 Å². The minimum Gasteiger partial charge on any atom is -0.478 e. The van der Waals surface area contributed by atoms with Crippen LogP contribution in [0.1, 0.15) is 34.1 Å². The second-order valence-corrected chi connectivity index (χ2v) is 5.28. The molecule has 120 valence electrons. The van der Waals surface area contributed by atoms with Crippen molar-refractivity contribution in [3.63, 3.8) is 0 Å². The van der Waals surface area contributed by atoms with Crippen molar-refractivity contribution in [1.82, 2.24) is 0 Å². The highest BCUT2D eigenvalue weighted by Gasteiger charge is 2.08. The monoisotopic (exact) mass is 306 g/mol. The van der Waals surface area contributed by atoms with Crippen LogP contribution in [0, 0.1) is 34.5 Å². The minimum atomic E-state index is -1.000. The maximum Gasteiger partial charge on any atom is 0.348 e. The van der Waals surface area contributed by atoms with Crippen LogP contribution in [0.3, 0.4) is 0 Å². The Kier molecular flexibility index (Phi) is 12.0. The van der Waals surface area contributed by atoms with Gasteiger partial charge in [-0.3, -0.25) is 0 Å². The molecule has 0 aromatic heterocycles. The molecule has 0 aliphatic heterocycles. The van der Waals surface area contributed by atoms with E-state index in [1.807, 2.05) is 27.7 Å². The van der Waals surface area contributed by atoms with Crippen LogP contribution in [-0.2, 0) is 14.3 Å². The predicted molar refractivity (Wildman–Crippen MR) is 81.3 cm³/mol. The summed E-state index contributed by atoms with van der Waals surface area (Å²) >= 11 is 0. The van der Waals surface area contributed by atoms with Gasteiger partial charge in [-0.25, -0.2) is 9.59 Å². The van der Waals surface area contributed by atoms with E-state index in [2.05, 4.69) is 6.58 Å². The summed E-state index contributed by atoms with van der Waals surface area (Å²) in [7, 11) is 0. The highest BCUT2D eigenvalue weighted by atomic mass is 16.5. The van der Waals surface area contributed by atoms with E-state index in [9.17, 15) is 9.59 Å². The molecule has 0 aliphatic rings. The molecule has 0 saturated carbocycles. The Balaban J connectivity index is 0. The summed E-state index contributed by atoms with van der Waals surface area (Å²) < 4.78 is 4.70. The molecular weight excluding hydrogens is 284 g/mol. The number of carbonyl (C=O) groups excluding carboxylic acids is 1. The maximum absolute atomic E-state index is 10.7. The number of ether oxygens (including phenoxy) is 1.